The van der Waals surface area contributed by atoms with Gasteiger partial charge in [-0.3, -0.25) is 5.21 Å². The lowest BCUT2D eigenvalue weighted by Crippen LogP contribution is -2.44. The molecule has 0 aliphatic heterocycles. The number of imidazole rings is 1. The van der Waals surface area contributed by atoms with Gasteiger partial charge in [0.15, 0.2) is 18.0 Å². The van der Waals surface area contributed by atoms with Gasteiger partial charge < -0.3 is 20.2 Å². The maximum atomic E-state index is 11.8. The van der Waals surface area contributed by atoms with E-state index < -0.39 is 5.60 Å². The first kappa shape index (κ1) is 23.7. The second-order valence-electron chi connectivity index (χ2n) is 8.69. The van der Waals surface area contributed by atoms with Crippen molar-refractivity contribution in [1.82, 2.24) is 19.9 Å². The Morgan fingerprint density at radius 1 is 1.05 bits per heavy atom. The lowest BCUT2D eigenvalue weighted by atomic mass is 9.96. The van der Waals surface area contributed by atoms with Gasteiger partial charge in [0.1, 0.15) is 21.8 Å². The number of nitrogens with one attached hydrogen (secondary N) is 1. The van der Waals surface area contributed by atoms with E-state index in [2.05, 4.69) is 19.9 Å². The molecule has 0 bridgehead atoms. The van der Waals surface area contributed by atoms with Crippen LogP contribution in [0.5, 0.6) is 0 Å². The Balaban J connectivity index is 1.44. The summed E-state index contributed by atoms with van der Waals surface area (Å²) in [6.07, 6.45) is 5.18. The maximum absolute atomic E-state index is 11.8. The summed E-state index contributed by atoms with van der Waals surface area (Å²) in [5.41, 5.74) is 8.00. The van der Waals surface area contributed by atoms with Crippen LogP contribution in [-0.4, -0.2) is 30.2 Å². The van der Waals surface area contributed by atoms with Gasteiger partial charge in [-0.15, -0.1) is 0 Å². The molecule has 1 aromatic carbocycles. The van der Waals surface area contributed by atoms with Crippen LogP contribution in [0.15, 0.2) is 59.6 Å². The Bertz CT molecular complexity index is 1670. The van der Waals surface area contributed by atoms with Gasteiger partial charge in [-0.05, 0) is 49.2 Å². The van der Waals surface area contributed by atoms with Gasteiger partial charge in [-0.25, -0.2) is 15.0 Å². The largest absolute Gasteiger partial charge is 0.443 e. The molecule has 5 N–H and O–H groups in total. The van der Waals surface area contributed by atoms with E-state index in [0.29, 0.717) is 34.0 Å². The molecule has 0 spiro atoms. The summed E-state index contributed by atoms with van der Waals surface area (Å²) in [6.45, 7) is 0. The Morgan fingerprint density at radius 2 is 1.86 bits per heavy atom. The molecule has 4 aromatic heterocycles. The first-order valence-corrected chi connectivity index (χ1v) is 12.3. The van der Waals surface area contributed by atoms with E-state index >= 15 is 0 Å². The van der Waals surface area contributed by atoms with Gasteiger partial charge >= 0.3 is 0 Å². The molecule has 5 aromatic rings. The molecule has 6 rings (SSSR count). The van der Waals surface area contributed by atoms with Crippen molar-refractivity contribution in [3.8, 4) is 33.7 Å². The number of benzene rings is 1. The van der Waals surface area contributed by atoms with E-state index in [0.717, 1.165) is 21.4 Å². The monoisotopic (exact) mass is 555 g/mol. The lowest BCUT2D eigenvalue weighted by Gasteiger charge is -2.17. The van der Waals surface area contributed by atoms with Crippen molar-refractivity contribution >= 4 is 40.6 Å². The van der Waals surface area contributed by atoms with E-state index in [1.807, 2.05) is 12.1 Å². The molecule has 0 fully saturated rings. The van der Waals surface area contributed by atoms with Gasteiger partial charge in [0.05, 0.1) is 11.8 Å². The Hall–Kier alpha value is -3.63. The number of anilines is 1. The number of H-pyrrole nitrogens is 1. The number of aromatic amines is 1. The molecule has 1 unspecified atom stereocenters. The molecular weight excluding hydrogens is 539 g/mol. The summed E-state index contributed by atoms with van der Waals surface area (Å²) in [5, 5.41) is 23.7. The van der Waals surface area contributed by atoms with E-state index in [4.69, 9.17) is 45.0 Å². The third-order valence-electron chi connectivity index (χ3n) is 6.44. The zero-order chi connectivity index (χ0) is 25.9. The minimum atomic E-state index is -1.64. The van der Waals surface area contributed by atoms with Gasteiger partial charge in [0.25, 0.3) is 5.69 Å². The van der Waals surface area contributed by atoms with Crippen molar-refractivity contribution in [3.63, 3.8) is 0 Å². The third-order valence-corrected chi connectivity index (χ3v) is 7.24. The van der Waals surface area contributed by atoms with Gasteiger partial charge in [-0.2, -0.15) is 0 Å². The van der Waals surface area contributed by atoms with Crippen LogP contribution in [0.3, 0.4) is 0 Å². The van der Waals surface area contributed by atoms with Crippen molar-refractivity contribution in [3.05, 3.63) is 87.6 Å². The number of nitrogens with two attached hydrogens (primary N) is 1. The number of rotatable bonds is 4. The van der Waals surface area contributed by atoms with Gasteiger partial charge in [-0.1, -0.05) is 34.8 Å². The fourth-order valence-corrected chi connectivity index (χ4v) is 5.42. The SMILES string of the molecule is Nc1ccc(-c2nc(C3(O)CCc4cc(-c5cc(Cl)ccc5-c5cnco5)c[n+](O)c43)[nH]c2Cl)c(Cl)n1. The minimum absolute atomic E-state index is 0.129. The summed E-state index contributed by atoms with van der Waals surface area (Å²) >= 11 is 19.0. The first-order valence-electron chi connectivity index (χ1n) is 11.1. The van der Waals surface area contributed by atoms with Crippen molar-refractivity contribution in [2.24, 2.45) is 0 Å². The van der Waals surface area contributed by atoms with E-state index in [-0.39, 0.29) is 34.1 Å². The van der Waals surface area contributed by atoms with E-state index in [1.54, 1.807) is 30.5 Å². The summed E-state index contributed by atoms with van der Waals surface area (Å²) in [5.74, 6) is 0.980. The molecule has 37 heavy (non-hydrogen) atoms. The van der Waals surface area contributed by atoms with Crippen LogP contribution in [0.25, 0.3) is 33.7 Å². The molecule has 0 amide bonds. The van der Waals surface area contributed by atoms with Gasteiger partial charge in [0, 0.05) is 32.0 Å². The average Bonchev–Trinajstić information content (AvgIpc) is 3.60. The zero-order valence-electron chi connectivity index (χ0n) is 18.9. The van der Waals surface area contributed by atoms with Crippen LogP contribution in [-0.2, 0) is 12.0 Å². The maximum Gasteiger partial charge on any atom is 0.276 e. The normalized spacial score (nSPS) is 16.8. The van der Waals surface area contributed by atoms with Crippen LogP contribution in [0, 0.1) is 0 Å². The van der Waals surface area contributed by atoms with Crippen LogP contribution in [0.2, 0.25) is 15.3 Å². The number of hydrogen-bond acceptors (Lipinski definition) is 7. The number of halogens is 3. The molecule has 12 heteroatoms. The number of nitrogens with zero attached hydrogens (tertiary/aromatic N) is 4. The first-order chi connectivity index (χ1) is 17.7. The highest BCUT2D eigenvalue weighted by atomic mass is 35.5. The summed E-state index contributed by atoms with van der Waals surface area (Å²) in [7, 11) is 0. The second kappa shape index (κ2) is 8.74. The number of oxazole rings is 1. The summed E-state index contributed by atoms with van der Waals surface area (Å²) < 4.78 is 6.40. The van der Waals surface area contributed by atoms with Gasteiger partial charge in [0.2, 0.25) is 11.8 Å². The Morgan fingerprint density at radius 3 is 2.62 bits per heavy atom. The number of aromatic nitrogens is 5. The molecule has 9 nitrogen and oxygen atoms in total. The predicted octanol–water partition coefficient (Wildman–Crippen LogP) is 5.04. The quantitative estimate of drug-likeness (QED) is 0.138. The average molecular weight is 557 g/mol. The highest BCUT2D eigenvalue weighted by molar-refractivity contribution is 6.35. The van der Waals surface area contributed by atoms with Crippen LogP contribution in [0.4, 0.5) is 5.82 Å². The third kappa shape index (κ3) is 3.91. The van der Waals surface area contributed by atoms with Crippen LogP contribution in [0.1, 0.15) is 23.5 Å². The molecule has 0 radical (unpaired) electrons. The molecule has 1 atom stereocenters. The second-order valence-corrected chi connectivity index (χ2v) is 9.86. The predicted molar refractivity (Wildman–Crippen MR) is 137 cm³/mol. The van der Waals surface area contributed by atoms with Crippen LogP contribution >= 0.6 is 34.8 Å². The smallest absolute Gasteiger partial charge is 0.276 e. The number of aryl methyl sites for hydroxylation is 1. The molecular formula is C25H18Cl3N6O3+. The van der Waals surface area contributed by atoms with Crippen molar-refractivity contribution < 1.29 is 19.5 Å². The number of hydrogen-bond donors (Lipinski definition) is 4. The van der Waals surface area contributed by atoms with E-state index in [9.17, 15) is 10.3 Å². The molecule has 0 saturated heterocycles. The number of fused-ring (bicyclic) bond motifs is 1. The van der Waals surface area contributed by atoms with Crippen molar-refractivity contribution in [1.29, 1.82) is 0 Å². The van der Waals surface area contributed by atoms with Crippen molar-refractivity contribution in [2.75, 3.05) is 5.73 Å². The molecule has 4 heterocycles. The fraction of sp³-hybridized carbons (Fsp3) is 0.120. The topological polar surface area (TPSA) is 138 Å². The molecule has 1 aliphatic rings. The fourth-order valence-electron chi connectivity index (χ4n) is 4.76. The standard InChI is InChI=1S/C25H18Cl3N6O3/c26-14-1-2-15(18-9-30-11-37-18)17(8-14)13-7-12-5-6-25(35,21(12)34(36)10-13)24-32-20(23(28)33-24)16-3-4-19(29)31-22(16)27/h1-4,7-11,35-36H,5-6H2,(H2,29,31)(H,32,33)/q+1. The minimum Gasteiger partial charge on any atom is -0.443 e. The van der Waals surface area contributed by atoms with Crippen LogP contribution < -0.4 is 10.5 Å². The molecule has 186 valence electrons. The van der Waals surface area contributed by atoms with E-state index in [1.165, 1.54) is 12.6 Å². The summed E-state index contributed by atoms with van der Waals surface area (Å²) in [4.78, 5) is 15.5. The van der Waals surface area contributed by atoms with Crippen molar-refractivity contribution in [2.45, 2.75) is 18.4 Å². The zero-order valence-corrected chi connectivity index (χ0v) is 21.2. The Labute approximate surface area is 225 Å². The molecule has 0 saturated carbocycles. The lowest BCUT2D eigenvalue weighted by molar-refractivity contribution is -0.912. The highest BCUT2D eigenvalue weighted by Crippen LogP contribution is 2.43. The highest BCUT2D eigenvalue weighted by Gasteiger charge is 2.50. The number of pyridine rings is 2. The number of aliphatic hydroxyl groups is 1. The molecule has 1 aliphatic carbocycles. The summed E-state index contributed by atoms with van der Waals surface area (Å²) in [6, 6.07) is 10.5. The Kier molecular flexibility index (Phi) is 5.61. The number of nitrogen functional groups attached to an aromatic ring is 1.